The maximum atomic E-state index is 8.92. The summed E-state index contributed by atoms with van der Waals surface area (Å²) >= 11 is 0. The SMILES string of the molecule is [CH]CCC[Si](C)(C)O[Si](C)(C)CCO. The van der Waals surface area contributed by atoms with Crippen molar-refractivity contribution in [2.45, 2.75) is 51.1 Å². The Hall–Kier alpha value is 0.354. The zero-order valence-corrected chi connectivity index (χ0v) is 12.0. The zero-order chi connectivity index (χ0) is 11.2. The lowest BCUT2D eigenvalue weighted by Gasteiger charge is -2.33. The summed E-state index contributed by atoms with van der Waals surface area (Å²) in [7, 11) is -3.14. The average Bonchev–Trinajstić information content (AvgIpc) is 1.98. The first-order valence-corrected chi connectivity index (χ1v) is 11.6. The zero-order valence-electron chi connectivity index (χ0n) is 9.97. The number of rotatable bonds is 7. The highest BCUT2D eigenvalue weighted by Crippen LogP contribution is 2.22. The van der Waals surface area contributed by atoms with Crippen molar-refractivity contribution < 1.29 is 9.22 Å². The van der Waals surface area contributed by atoms with Crippen molar-refractivity contribution in [1.82, 2.24) is 0 Å². The van der Waals surface area contributed by atoms with Crippen LogP contribution in [0.2, 0.25) is 38.3 Å². The molecule has 0 aliphatic heterocycles. The fourth-order valence-electron chi connectivity index (χ4n) is 1.65. The molecule has 4 heteroatoms. The summed E-state index contributed by atoms with van der Waals surface area (Å²) in [5.41, 5.74) is 0. The van der Waals surface area contributed by atoms with E-state index in [1.807, 2.05) is 0 Å². The van der Waals surface area contributed by atoms with Gasteiger partial charge in [0.25, 0.3) is 0 Å². The summed E-state index contributed by atoms with van der Waals surface area (Å²) in [5, 5.41) is 8.92. The summed E-state index contributed by atoms with van der Waals surface area (Å²) in [6.45, 7) is 14.6. The quantitative estimate of drug-likeness (QED) is 0.684. The Labute approximate surface area is 90.9 Å². The molecule has 0 rings (SSSR count). The third-order valence-corrected chi connectivity index (χ3v) is 9.66. The van der Waals surface area contributed by atoms with E-state index < -0.39 is 16.6 Å². The second-order valence-corrected chi connectivity index (χ2v) is 13.8. The molecule has 0 aliphatic rings. The number of aliphatic hydroxyl groups excluding tert-OH is 1. The predicted octanol–water partition coefficient (Wildman–Crippen LogP) is 2.90. The van der Waals surface area contributed by atoms with Crippen molar-refractivity contribution in [3.05, 3.63) is 6.92 Å². The van der Waals surface area contributed by atoms with Crippen LogP contribution in [0.1, 0.15) is 12.8 Å². The van der Waals surface area contributed by atoms with Crippen LogP contribution in [-0.4, -0.2) is 28.3 Å². The first kappa shape index (κ1) is 14.4. The van der Waals surface area contributed by atoms with Crippen molar-refractivity contribution in [2.24, 2.45) is 0 Å². The van der Waals surface area contributed by atoms with Crippen LogP contribution in [0.25, 0.3) is 0 Å². The predicted molar refractivity (Wildman–Crippen MR) is 66.3 cm³/mol. The average molecular weight is 232 g/mol. The Morgan fingerprint density at radius 3 is 2.00 bits per heavy atom. The van der Waals surface area contributed by atoms with Crippen molar-refractivity contribution in [3.63, 3.8) is 0 Å². The molecule has 0 saturated carbocycles. The molecule has 84 valence electrons. The Morgan fingerprint density at radius 1 is 1.07 bits per heavy atom. The molecule has 1 N–H and O–H groups in total. The smallest absolute Gasteiger partial charge is 0.175 e. The van der Waals surface area contributed by atoms with Crippen molar-refractivity contribution in [3.8, 4) is 0 Å². The van der Waals surface area contributed by atoms with Gasteiger partial charge in [-0.1, -0.05) is 12.8 Å². The standard InChI is InChI=1S/C10H24O2Si2/c1-6-7-9-13(2,3)12-14(4,5)10-8-11/h1,11H,6-10H2,2-5H3. The summed E-state index contributed by atoms with van der Waals surface area (Å²) < 4.78 is 6.23. The van der Waals surface area contributed by atoms with Gasteiger partial charge in [0, 0.05) is 6.61 Å². The van der Waals surface area contributed by atoms with E-state index in [9.17, 15) is 0 Å². The van der Waals surface area contributed by atoms with Crippen LogP contribution in [0.5, 0.6) is 0 Å². The number of hydrogen-bond donors (Lipinski definition) is 1. The summed E-state index contributed by atoms with van der Waals surface area (Å²) in [4.78, 5) is 0. The molecular formula is C10H24O2Si2. The molecule has 0 aromatic heterocycles. The Bertz CT molecular complexity index is 158. The number of aliphatic hydroxyl groups is 1. The van der Waals surface area contributed by atoms with E-state index in [2.05, 4.69) is 26.2 Å². The van der Waals surface area contributed by atoms with Crippen LogP contribution in [0, 0.1) is 6.92 Å². The molecule has 0 atom stereocenters. The lowest BCUT2D eigenvalue weighted by Crippen LogP contribution is -2.44. The molecule has 0 aromatic carbocycles. The second-order valence-electron chi connectivity index (χ2n) is 4.99. The highest BCUT2D eigenvalue weighted by molar-refractivity contribution is 6.84. The number of unbranched alkanes of at least 4 members (excludes halogenated alkanes) is 1. The summed E-state index contributed by atoms with van der Waals surface area (Å²) in [5.74, 6) is 0. The minimum atomic E-state index is -1.62. The highest BCUT2D eigenvalue weighted by atomic mass is 28.4. The Morgan fingerprint density at radius 2 is 1.57 bits per heavy atom. The van der Waals surface area contributed by atoms with Gasteiger partial charge in [-0.25, -0.2) is 0 Å². The molecule has 0 heterocycles. The Kier molecular flexibility index (Phi) is 6.20. The monoisotopic (exact) mass is 232 g/mol. The van der Waals surface area contributed by atoms with Crippen LogP contribution < -0.4 is 0 Å². The molecule has 0 spiro atoms. The topological polar surface area (TPSA) is 29.5 Å². The molecule has 0 aromatic rings. The summed E-state index contributed by atoms with van der Waals surface area (Å²) in [6.07, 6.45) is 1.81. The van der Waals surface area contributed by atoms with Gasteiger partial charge in [0.1, 0.15) is 0 Å². The fourth-order valence-corrected chi connectivity index (χ4v) is 10.0. The van der Waals surface area contributed by atoms with Gasteiger partial charge in [-0.05, 0) is 45.2 Å². The van der Waals surface area contributed by atoms with Gasteiger partial charge in [0.2, 0.25) is 0 Å². The minimum absolute atomic E-state index is 0.251. The second kappa shape index (κ2) is 6.05. The van der Waals surface area contributed by atoms with E-state index in [1.54, 1.807) is 0 Å². The normalized spacial score (nSPS) is 13.3. The van der Waals surface area contributed by atoms with Gasteiger partial charge in [-0.2, -0.15) is 0 Å². The van der Waals surface area contributed by atoms with Crippen molar-refractivity contribution >= 4 is 16.6 Å². The molecule has 0 unspecified atom stereocenters. The van der Waals surface area contributed by atoms with Crippen LogP contribution >= 0.6 is 0 Å². The molecule has 2 radical (unpaired) electrons. The molecule has 0 fully saturated rings. The highest BCUT2D eigenvalue weighted by Gasteiger charge is 2.31. The van der Waals surface area contributed by atoms with Gasteiger partial charge in [0.05, 0.1) is 0 Å². The van der Waals surface area contributed by atoms with Crippen LogP contribution in [0.4, 0.5) is 0 Å². The van der Waals surface area contributed by atoms with Crippen molar-refractivity contribution in [1.29, 1.82) is 0 Å². The number of hydrogen-bond acceptors (Lipinski definition) is 2. The minimum Gasteiger partial charge on any atom is -0.455 e. The van der Waals surface area contributed by atoms with E-state index in [4.69, 9.17) is 16.1 Å². The largest absolute Gasteiger partial charge is 0.455 e. The van der Waals surface area contributed by atoms with Crippen LogP contribution in [-0.2, 0) is 4.12 Å². The van der Waals surface area contributed by atoms with Gasteiger partial charge >= 0.3 is 0 Å². The maximum absolute atomic E-state index is 8.92. The molecule has 0 bridgehead atoms. The molecule has 0 amide bonds. The first-order valence-electron chi connectivity index (χ1n) is 5.34. The third kappa shape index (κ3) is 6.76. The van der Waals surface area contributed by atoms with Gasteiger partial charge < -0.3 is 9.22 Å². The molecule has 14 heavy (non-hydrogen) atoms. The van der Waals surface area contributed by atoms with Crippen LogP contribution in [0.15, 0.2) is 0 Å². The lowest BCUT2D eigenvalue weighted by atomic mass is 10.4. The molecular weight excluding hydrogens is 208 g/mol. The molecule has 2 nitrogen and oxygen atoms in total. The van der Waals surface area contributed by atoms with Gasteiger partial charge in [-0.15, -0.1) is 0 Å². The first-order chi connectivity index (χ1) is 6.33. The maximum Gasteiger partial charge on any atom is 0.175 e. The van der Waals surface area contributed by atoms with Gasteiger partial charge in [0.15, 0.2) is 16.6 Å². The summed E-state index contributed by atoms with van der Waals surface area (Å²) in [6, 6.07) is 1.97. The fraction of sp³-hybridized carbons (Fsp3) is 0.900. The Balaban J connectivity index is 4.05. The van der Waals surface area contributed by atoms with E-state index in [-0.39, 0.29) is 6.61 Å². The van der Waals surface area contributed by atoms with E-state index in [1.165, 1.54) is 0 Å². The molecule has 0 aliphatic carbocycles. The third-order valence-electron chi connectivity index (χ3n) is 2.25. The van der Waals surface area contributed by atoms with Crippen LogP contribution in [0.3, 0.4) is 0 Å². The van der Waals surface area contributed by atoms with E-state index in [0.29, 0.717) is 0 Å². The van der Waals surface area contributed by atoms with Gasteiger partial charge in [-0.3, -0.25) is 0 Å². The van der Waals surface area contributed by atoms with Crippen molar-refractivity contribution in [2.75, 3.05) is 6.61 Å². The molecule has 0 saturated heterocycles. The van der Waals surface area contributed by atoms with E-state index >= 15 is 0 Å². The lowest BCUT2D eigenvalue weighted by molar-refractivity contribution is 0.311. The van der Waals surface area contributed by atoms with E-state index in [0.717, 1.165) is 24.9 Å².